The fraction of sp³-hybridized carbons (Fsp3) is 0.357. The smallest absolute Gasteiger partial charge is 0.246 e. The summed E-state index contributed by atoms with van der Waals surface area (Å²) in [6.45, 7) is 6.85. The molecular weight excluding hydrogens is 228 g/mol. The monoisotopic (exact) mass is 248 g/mol. The lowest BCUT2D eigenvalue weighted by molar-refractivity contribution is -0.126. The number of piperazine rings is 1. The Bertz CT molecular complexity index is 359. The van der Waals surface area contributed by atoms with Crippen LogP contribution >= 0.6 is 0 Å². The number of carbonyl (C=O) groups is 1. The number of carbonyl (C=O) groups excluding carboxylic acids is 1. The van der Waals surface area contributed by atoms with Crippen LogP contribution in [0.25, 0.3) is 0 Å². The van der Waals surface area contributed by atoms with Gasteiger partial charge in [-0.2, -0.15) is 0 Å². The SMILES string of the molecule is C=CC(=O)N1CCNCC1.COc1ccccc1. The number of methoxy groups -OCH3 is 1. The predicted molar refractivity (Wildman–Crippen MR) is 72.6 cm³/mol. The number of nitrogens with zero attached hydrogens (tertiary/aromatic N) is 1. The molecule has 1 aliphatic heterocycles. The molecule has 1 amide bonds. The lowest BCUT2D eigenvalue weighted by atomic mass is 10.3. The molecule has 0 atom stereocenters. The molecule has 1 saturated heterocycles. The largest absolute Gasteiger partial charge is 0.497 e. The van der Waals surface area contributed by atoms with E-state index in [2.05, 4.69) is 11.9 Å². The Morgan fingerprint density at radius 2 is 1.94 bits per heavy atom. The van der Waals surface area contributed by atoms with Crippen molar-refractivity contribution in [3.63, 3.8) is 0 Å². The van der Waals surface area contributed by atoms with E-state index in [9.17, 15) is 4.79 Å². The number of ether oxygens (including phenoxy) is 1. The molecule has 1 heterocycles. The first-order valence-corrected chi connectivity index (χ1v) is 5.99. The van der Waals surface area contributed by atoms with E-state index in [1.165, 1.54) is 6.08 Å². The van der Waals surface area contributed by atoms with Crippen molar-refractivity contribution in [1.82, 2.24) is 10.2 Å². The Kier molecular flexibility index (Phi) is 6.58. The zero-order chi connectivity index (χ0) is 13.2. The Morgan fingerprint density at radius 1 is 1.33 bits per heavy atom. The second-order valence-corrected chi connectivity index (χ2v) is 3.80. The highest BCUT2D eigenvalue weighted by molar-refractivity contribution is 5.87. The molecule has 1 aromatic carbocycles. The van der Waals surface area contributed by atoms with Crippen molar-refractivity contribution < 1.29 is 9.53 Å². The highest BCUT2D eigenvalue weighted by Crippen LogP contribution is 2.05. The quantitative estimate of drug-likeness (QED) is 0.802. The highest BCUT2D eigenvalue weighted by Gasteiger charge is 2.11. The van der Waals surface area contributed by atoms with E-state index in [0.717, 1.165) is 31.9 Å². The van der Waals surface area contributed by atoms with Gasteiger partial charge in [-0.25, -0.2) is 0 Å². The van der Waals surface area contributed by atoms with Gasteiger partial charge in [0.1, 0.15) is 5.75 Å². The van der Waals surface area contributed by atoms with E-state index < -0.39 is 0 Å². The van der Waals surface area contributed by atoms with Crippen LogP contribution in [0.2, 0.25) is 0 Å². The molecule has 0 bridgehead atoms. The Morgan fingerprint density at radius 3 is 2.39 bits per heavy atom. The fourth-order valence-electron chi connectivity index (χ4n) is 1.57. The molecule has 4 nitrogen and oxygen atoms in total. The van der Waals surface area contributed by atoms with Gasteiger partial charge < -0.3 is 15.0 Å². The summed E-state index contributed by atoms with van der Waals surface area (Å²) in [6, 6.07) is 9.68. The first-order chi connectivity index (χ1) is 8.77. The summed E-state index contributed by atoms with van der Waals surface area (Å²) in [5, 5.41) is 3.17. The van der Waals surface area contributed by atoms with Crippen LogP contribution in [-0.4, -0.2) is 44.1 Å². The molecule has 0 aromatic heterocycles. The summed E-state index contributed by atoms with van der Waals surface area (Å²) in [6.07, 6.45) is 1.37. The van der Waals surface area contributed by atoms with E-state index in [1.807, 2.05) is 30.3 Å². The van der Waals surface area contributed by atoms with Crippen molar-refractivity contribution >= 4 is 5.91 Å². The minimum atomic E-state index is 0.0431. The number of hydrogen-bond donors (Lipinski definition) is 1. The highest BCUT2D eigenvalue weighted by atomic mass is 16.5. The molecule has 18 heavy (non-hydrogen) atoms. The number of benzene rings is 1. The van der Waals surface area contributed by atoms with Gasteiger partial charge in [-0.15, -0.1) is 0 Å². The summed E-state index contributed by atoms with van der Waals surface area (Å²) < 4.78 is 4.91. The van der Waals surface area contributed by atoms with E-state index in [4.69, 9.17) is 4.74 Å². The standard InChI is InChI=1S/C7H12N2O.C7H8O/c1-2-7(10)9-5-3-8-4-6-9;1-8-7-5-3-2-4-6-7/h2,8H,1,3-6H2;2-6H,1H3. The number of para-hydroxylation sites is 1. The van der Waals surface area contributed by atoms with Crippen molar-refractivity contribution in [2.75, 3.05) is 33.3 Å². The minimum Gasteiger partial charge on any atom is -0.497 e. The lowest BCUT2D eigenvalue weighted by Crippen LogP contribution is -2.45. The van der Waals surface area contributed by atoms with Gasteiger partial charge >= 0.3 is 0 Å². The van der Waals surface area contributed by atoms with E-state index in [1.54, 1.807) is 12.0 Å². The average Bonchev–Trinajstić information content (AvgIpc) is 2.49. The first-order valence-electron chi connectivity index (χ1n) is 5.99. The van der Waals surface area contributed by atoms with E-state index in [-0.39, 0.29) is 5.91 Å². The van der Waals surface area contributed by atoms with Crippen LogP contribution in [0, 0.1) is 0 Å². The van der Waals surface area contributed by atoms with Gasteiger partial charge in [0, 0.05) is 26.2 Å². The third-order valence-corrected chi connectivity index (χ3v) is 2.58. The topological polar surface area (TPSA) is 41.6 Å². The van der Waals surface area contributed by atoms with Gasteiger partial charge in [0.15, 0.2) is 0 Å². The molecule has 0 aliphatic carbocycles. The molecule has 1 aliphatic rings. The molecule has 0 radical (unpaired) electrons. The Balaban J connectivity index is 0.000000184. The normalized spacial score (nSPS) is 14.2. The van der Waals surface area contributed by atoms with Crippen LogP contribution in [-0.2, 0) is 4.79 Å². The van der Waals surface area contributed by atoms with Crippen molar-refractivity contribution in [3.05, 3.63) is 43.0 Å². The minimum absolute atomic E-state index is 0.0431. The number of amides is 1. The molecule has 4 heteroatoms. The molecule has 1 fully saturated rings. The number of hydrogen-bond acceptors (Lipinski definition) is 3. The van der Waals surface area contributed by atoms with Crippen molar-refractivity contribution in [1.29, 1.82) is 0 Å². The second kappa shape index (κ2) is 8.31. The van der Waals surface area contributed by atoms with Gasteiger partial charge in [-0.05, 0) is 18.2 Å². The van der Waals surface area contributed by atoms with E-state index >= 15 is 0 Å². The maximum absolute atomic E-state index is 10.9. The average molecular weight is 248 g/mol. The van der Waals surface area contributed by atoms with Crippen LogP contribution in [0.3, 0.4) is 0 Å². The van der Waals surface area contributed by atoms with Crippen molar-refractivity contribution in [2.24, 2.45) is 0 Å². The zero-order valence-corrected chi connectivity index (χ0v) is 10.8. The van der Waals surface area contributed by atoms with Gasteiger partial charge in [0.2, 0.25) is 5.91 Å². The van der Waals surface area contributed by atoms with Crippen LogP contribution in [0.15, 0.2) is 43.0 Å². The van der Waals surface area contributed by atoms with Crippen LogP contribution < -0.4 is 10.1 Å². The summed E-state index contributed by atoms with van der Waals surface area (Å²) >= 11 is 0. The number of rotatable bonds is 2. The maximum Gasteiger partial charge on any atom is 0.246 e. The first kappa shape index (κ1) is 14.3. The van der Waals surface area contributed by atoms with Gasteiger partial charge in [-0.1, -0.05) is 24.8 Å². The second-order valence-electron chi connectivity index (χ2n) is 3.80. The molecule has 2 rings (SSSR count). The summed E-state index contributed by atoms with van der Waals surface area (Å²) in [4.78, 5) is 12.7. The van der Waals surface area contributed by atoms with Crippen LogP contribution in [0.4, 0.5) is 0 Å². The molecular formula is C14H20N2O2. The predicted octanol–water partition coefficient (Wildman–Crippen LogP) is 1.30. The third kappa shape index (κ3) is 5.01. The Labute approximate surface area is 108 Å². The zero-order valence-electron chi connectivity index (χ0n) is 10.8. The molecule has 0 unspecified atom stereocenters. The van der Waals surface area contributed by atoms with Gasteiger partial charge in [0.25, 0.3) is 0 Å². The van der Waals surface area contributed by atoms with Crippen molar-refractivity contribution in [3.8, 4) is 5.75 Å². The third-order valence-electron chi connectivity index (χ3n) is 2.58. The van der Waals surface area contributed by atoms with Gasteiger partial charge in [0.05, 0.1) is 7.11 Å². The lowest BCUT2D eigenvalue weighted by Gasteiger charge is -2.25. The van der Waals surface area contributed by atoms with Crippen LogP contribution in [0.1, 0.15) is 0 Å². The molecule has 98 valence electrons. The molecule has 0 saturated carbocycles. The number of nitrogens with one attached hydrogen (secondary N) is 1. The summed E-state index contributed by atoms with van der Waals surface area (Å²) in [7, 11) is 1.66. The van der Waals surface area contributed by atoms with Gasteiger partial charge in [-0.3, -0.25) is 4.79 Å². The summed E-state index contributed by atoms with van der Waals surface area (Å²) in [5.74, 6) is 0.953. The fourth-order valence-corrected chi connectivity index (χ4v) is 1.57. The summed E-state index contributed by atoms with van der Waals surface area (Å²) in [5.41, 5.74) is 0. The molecule has 1 N–H and O–H groups in total. The molecule has 0 spiro atoms. The maximum atomic E-state index is 10.9. The van der Waals surface area contributed by atoms with E-state index in [0.29, 0.717) is 0 Å². The van der Waals surface area contributed by atoms with Crippen molar-refractivity contribution in [2.45, 2.75) is 0 Å². The molecule has 1 aromatic rings. The van der Waals surface area contributed by atoms with Crippen LogP contribution in [0.5, 0.6) is 5.75 Å². The Hall–Kier alpha value is -1.81.